The van der Waals surface area contributed by atoms with E-state index in [1.165, 1.54) is 25.8 Å². The first kappa shape index (κ1) is 11.1. The molecular formula is C15H27N. The highest BCUT2D eigenvalue weighted by atomic mass is 15.0. The molecule has 0 heterocycles. The molecule has 0 aromatic heterocycles. The molecule has 3 saturated carbocycles. The number of hydrogen-bond donors (Lipinski definition) is 1. The fraction of sp³-hybridized carbons (Fsp3) is 1.00. The third kappa shape index (κ3) is 1.92. The highest BCUT2D eigenvalue weighted by molar-refractivity contribution is 5.08. The molecule has 0 amide bonds. The molecule has 0 spiro atoms. The van der Waals surface area contributed by atoms with Crippen molar-refractivity contribution in [1.29, 1.82) is 0 Å². The van der Waals surface area contributed by atoms with Crippen LogP contribution in [0.15, 0.2) is 0 Å². The summed E-state index contributed by atoms with van der Waals surface area (Å²) in [6, 6.07) is 0. The Morgan fingerprint density at radius 2 is 1.75 bits per heavy atom. The molecule has 3 aliphatic rings. The molecule has 1 N–H and O–H groups in total. The van der Waals surface area contributed by atoms with Gasteiger partial charge in [-0.25, -0.2) is 0 Å². The van der Waals surface area contributed by atoms with Gasteiger partial charge in [0.1, 0.15) is 0 Å². The second-order valence-electron chi connectivity index (χ2n) is 7.76. The maximum Gasteiger partial charge on any atom is 0.00967 e. The van der Waals surface area contributed by atoms with E-state index in [-0.39, 0.29) is 0 Å². The van der Waals surface area contributed by atoms with Crippen molar-refractivity contribution < 1.29 is 0 Å². The standard InChI is InChI=1S/C15H27N/c1-14(2,3)16-10-15(13-5-4-6-13)8-11-7-12(11)9-15/h11-13,16H,4-10H2,1-3H3. The van der Waals surface area contributed by atoms with E-state index in [9.17, 15) is 0 Å². The zero-order valence-electron chi connectivity index (χ0n) is 11.2. The van der Waals surface area contributed by atoms with E-state index in [1.54, 1.807) is 19.3 Å². The first-order valence-electron chi connectivity index (χ1n) is 7.24. The van der Waals surface area contributed by atoms with Gasteiger partial charge >= 0.3 is 0 Å². The summed E-state index contributed by atoms with van der Waals surface area (Å²) in [4.78, 5) is 0. The summed E-state index contributed by atoms with van der Waals surface area (Å²) in [6.45, 7) is 8.19. The topological polar surface area (TPSA) is 12.0 Å². The van der Waals surface area contributed by atoms with Crippen LogP contribution in [0.5, 0.6) is 0 Å². The predicted octanol–water partition coefficient (Wildman–Crippen LogP) is 3.59. The van der Waals surface area contributed by atoms with Gasteiger partial charge in [0, 0.05) is 12.1 Å². The summed E-state index contributed by atoms with van der Waals surface area (Å²) in [6.07, 6.45) is 9.19. The van der Waals surface area contributed by atoms with Crippen LogP contribution in [0.4, 0.5) is 0 Å². The molecular weight excluding hydrogens is 194 g/mol. The number of hydrogen-bond acceptors (Lipinski definition) is 1. The molecule has 0 bridgehead atoms. The summed E-state index contributed by atoms with van der Waals surface area (Å²) >= 11 is 0. The fourth-order valence-electron chi connectivity index (χ4n) is 4.02. The molecule has 0 saturated heterocycles. The number of fused-ring (bicyclic) bond motifs is 1. The fourth-order valence-corrected chi connectivity index (χ4v) is 4.02. The van der Waals surface area contributed by atoms with Crippen molar-refractivity contribution >= 4 is 0 Å². The third-order valence-electron chi connectivity index (χ3n) is 5.35. The van der Waals surface area contributed by atoms with E-state index in [0.29, 0.717) is 11.0 Å². The Balaban J connectivity index is 1.65. The van der Waals surface area contributed by atoms with Gasteiger partial charge < -0.3 is 5.32 Å². The molecule has 1 heteroatoms. The Kier molecular flexibility index (Phi) is 2.41. The van der Waals surface area contributed by atoms with Crippen LogP contribution < -0.4 is 5.32 Å². The van der Waals surface area contributed by atoms with Crippen molar-refractivity contribution in [2.24, 2.45) is 23.2 Å². The van der Waals surface area contributed by atoms with Crippen LogP contribution >= 0.6 is 0 Å². The van der Waals surface area contributed by atoms with E-state index in [1.807, 2.05) is 0 Å². The molecule has 16 heavy (non-hydrogen) atoms. The van der Waals surface area contributed by atoms with Crippen molar-refractivity contribution in [3.05, 3.63) is 0 Å². The molecule has 3 fully saturated rings. The lowest BCUT2D eigenvalue weighted by atomic mass is 9.62. The molecule has 0 radical (unpaired) electrons. The maximum atomic E-state index is 3.79. The van der Waals surface area contributed by atoms with Crippen LogP contribution in [0.3, 0.4) is 0 Å². The molecule has 0 aliphatic heterocycles. The monoisotopic (exact) mass is 221 g/mol. The van der Waals surface area contributed by atoms with Crippen LogP contribution in [-0.2, 0) is 0 Å². The highest BCUT2D eigenvalue weighted by Gasteiger charge is 2.57. The van der Waals surface area contributed by atoms with E-state index >= 15 is 0 Å². The second kappa shape index (κ2) is 3.48. The molecule has 3 aliphatic carbocycles. The van der Waals surface area contributed by atoms with Crippen molar-refractivity contribution in [3.63, 3.8) is 0 Å². The van der Waals surface area contributed by atoms with Crippen molar-refractivity contribution in [1.82, 2.24) is 5.32 Å². The van der Waals surface area contributed by atoms with Crippen molar-refractivity contribution in [2.75, 3.05) is 6.54 Å². The molecule has 92 valence electrons. The molecule has 3 rings (SSSR count). The van der Waals surface area contributed by atoms with Crippen molar-refractivity contribution in [2.45, 2.75) is 64.8 Å². The minimum atomic E-state index is 0.295. The zero-order chi connectivity index (χ0) is 11.4. The van der Waals surface area contributed by atoms with E-state index in [0.717, 1.165) is 17.8 Å². The average Bonchev–Trinajstić information content (AvgIpc) is 2.68. The molecule has 2 atom stereocenters. The van der Waals surface area contributed by atoms with E-state index in [2.05, 4.69) is 26.1 Å². The van der Waals surface area contributed by atoms with E-state index in [4.69, 9.17) is 0 Å². The first-order chi connectivity index (χ1) is 7.49. The van der Waals surface area contributed by atoms with E-state index < -0.39 is 0 Å². The quantitative estimate of drug-likeness (QED) is 0.768. The van der Waals surface area contributed by atoms with Crippen molar-refractivity contribution in [3.8, 4) is 0 Å². The lowest BCUT2D eigenvalue weighted by molar-refractivity contribution is 0.0668. The van der Waals surface area contributed by atoms with Gasteiger partial charge in [-0.15, -0.1) is 0 Å². The van der Waals surface area contributed by atoms with Crippen LogP contribution in [-0.4, -0.2) is 12.1 Å². The molecule has 0 aromatic carbocycles. The lowest BCUT2D eigenvalue weighted by Gasteiger charge is -2.45. The summed E-state index contributed by atoms with van der Waals surface area (Å²) in [5, 5.41) is 3.79. The predicted molar refractivity (Wildman–Crippen MR) is 68.4 cm³/mol. The average molecular weight is 221 g/mol. The van der Waals surface area contributed by atoms with Crippen LogP contribution in [0.2, 0.25) is 0 Å². The van der Waals surface area contributed by atoms with Gasteiger partial charge in [0.25, 0.3) is 0 Å². The third-order valence-corrected chi connectivity index (χ3v) is 5.35. The van der Waals surface area contributed by atoms with Gasteiger partial charge in [0.2, 0.25) is 0 Å². The first-order valence-corrected chi connectivity index (χ1v) is 7.24. The van der Waals surface area contributed by atoms with Crippen LogP contribution in [0.25, 0.3) is 0 Å². The lowest BCUT2D eigenvalue weighted by Crippen LogP contribution is -2.48. The number of nitrogens with one attached hydrogen (secondary N) is 1. The van der Waals surface area contributed by atoms with Gasteiger partial charge in [0.15, 0.2) is 0 Å². The van der Waals surface area contributed by atoms with Gasteiger partial charge in [-0.05, 0) is 76.0 Å². The minimum absolute atomic E-state index is 0.295. The largest absolute Gasteiger partial charge is 0.312 e. The Morgan fingerprint density at radius 1 is 1.12 bits per heavy atom. The highest BCUT2D eigenvalue weighted by Crippen LogP contribution is 2.64. The SMILES string of the molecule is CC(C)(C)NCC1(C2CCC2)CC2CC2C1. The summed E-state index contributed by atoms with van der Waals surface area (Å²) < 4.78 is 0. The smallest absolute Gasteiger partial charge is 0.00967 e. The second-order valence-corrected chi connectivity index (χ2v) is 7.76. The number of rotatable bonds is 3. The molecule has 1 nitrogen and oxygen atoms in total. The Morgan fingerprint density at radius 3 is 2.19 bits per heavy atom. The Labute approximate surface area is 100 Å². The summed E-state index contributed by atoms with van der Waals surface area (Å²) in [5.74, 6) is 3.32. The normalized spacial score (nSPS) is 42.9. The van der Waals surface area contributed by atoms with Gasteiger partial charge in [-0.3, -0.25) is 0 Å². The Bertz CT molecular complexity index is 262. The maximum absolute atomic E-state index is 3.79. The zero-order valence-corrected chi connectivity index (χ0v) is 11.2. The minimum Gasteiger partial charge on any atom is -0.312 e. The van der Waals surface area contributed by atoms with Crippen LogP contribution in [0.1, 0.15) is 59.3 Å². The summed E-state index contributed by atoms with van der Waals surface area (Å²) in [7, 11) is 0. The van der Waals surface area contributed by atoms with Gasteiger partial charge in [0.05, 0.1) is 0 Å². The van der Waals surface area contributed by atoms with Gasteiger partial charge in [-0.1, -0.05) is 6.42 Å². The summed E-state index contributed by atoms with van der Waals surface area (Å²) in [5.41, 5.74) is 1.00. The molecule has 0 aromatic rings. The van der Waals surface area contributed by atoms with Crippen LogP contribution in [0, 0.1) is 23.2 Å². The van der Waals surface area contributed by atoms with Gasteiger partial charge in [-0.2, -0.15) is 0 Å². The Hall–Kier alpha value is -0.0400. The molecule has 2 unspecified atom stereocenters.